The van der Waals surface area contributed by atoms with E-state index in [0.29, 0.717) is 11.5 Å². The van der Waals surface area contributed by atoms with Crippen molar-refractivity contribution < 1.29 is 8.63 Å². The van der Waals surface area contributed by atoms with Gasteiger partial charge in [-0.1, -0.05) is 0 Å². The van der Waals surface area contributed by atoms with E-state index in [4.69, 9.17) is 4.42 Å². The van der Waals surface area contributed by atoms with Gasteiger partial charge in [-0.3, -0.25) is 0 Å². The highest BCUT2D eigenvalue weighted by molar-refractivity contribution is 7.85. The van der Waals surface area contributed by atoms with Crippen LogP contribution >= 0.6 is 0 Å². The minimum absolute atomic E-state index is 0.326. The molecule has 0 fully saturated rings. The van der Waals surface area contributed by atoms with Gasteiger partial charge >= 0.3 is 0 Å². The van der Waals surface area contributed by atoms with E-state index < -0.39 is 11.0 Å². The fourth-order valence-corrected chi connectivity index (χ4v) is 1.40. The molecule has 1 aromatic rings. The Kier molecular flexibility index (Phi) is 3.26. The Bertz CT molecular complexity index is 347. The molecular weight excluding hydrogens is 198 g/mol. The number of furan rings is 1. The zero-order valence-corrected chi connectivity index (χ0v) is 9.72. The second-order valence-electron chi connectivity index (χ2n) is 4.02. The SMILES string of the molecule is C/C(=N\S(=O)C(C)(C)C)c1ccco1. The van der Waals surface area contributed by atoms with E-state index in [1.54, 1.807) is 25.3 Å². The van der Waals surface area contributed by atoms with E-state index in [0.717, 1.165) is 0 Å². The summed E-state index contributed by atoms with van der Waals surface area (Å²) in [4.78, 5) is 0. The second-order valence-corrected chi connectivity index (χ2v) is 5.92. The molecule has 0 aliphatic heterocycles. The van der Waals surface area contributed by atoms with Crippen molar-refractivity contribution in [3.63, 3.8) is 0 Å². The first-order valence-corrected chi connectivity index (χ1v) is 5.53. The topological polar surface area (TPSA) is 42.6 Å². The predicted molar refractivity (Wildman–Crippen MR) is 58.8 cm³/mol. The summed E-state index contributed by atoms with van der Waals surface area (Å²) in [6.45, 7) is 7.47. The molecule has 1 aromatic heterocycles. The lowest BCUT2D eigenvalue weighted by atomic mass is 10.3. The van der Waals surface area contributed by atoms with E-state index in [1.807, 2.05) is 20.8 Å². The van der Waals surface area contributed by atoms with Crippen molar-refractivity contribution in [1.29, 1.82) is 0 Å². The van der Waals surface area contributed by atoms with Crippen molar-refractivity contribution >= 4 is 16.7 Å². The van der Waals surface area contributed by atoms with Crippen LogP contribution in [0.3, 0.4) is 0 Å². The Morgan fingerprint density at radius 1 is 1.50 bits per heavy atom. The first kappa shape index (κ1) is 11.2. The monoisotopic (exact) mass is 213 g/mol. The van der Waals surface area contributed by atoms with Gasteiger partial charge in [0.05, 0.1) is 16.7 Å². The van der Waals surface area contributed by atoms with Gasteiger partial charge in [0.2, 0.25) is 0 Å². The van der Waals surface area contributed by atoms with Crippen molar-refractivity contribution in [2.45, 2.75) is 32.4 Å². The Morgan fingerprint density at radius 3 is 2.57 bits per heavy atom. The van der Waals surface area contributed by atoms with Crippen molar-refractivity contribution in [2.75, 3.05) is 0 Å². The second kappa shape index (κ2) is 4.09. The summed E-state index contributed by atoms with van der Waals surface area (Å²) >= 11 is 0. The molecule has 0 saturated carbocycles. The lowest BCUT2D eigenvalue weighted by molar-refractivity contribution is 0.557. The van der Waals surface area contributed by atoms with Crippen molar-refractivity contribution in [2.24, 2.45) is 4.40 Å². The van der Waals surface area contributed by atoms with E-state index in [1.165, 1.54) is 0 Å². The molecule has 78 valence electrons. The summed E-state index contributed by atoms with van der Waals surface area (Å²) in [6.07, 6.45) is 1.58. The van der Waals surface area contributed by atoms with Gasteiger partial charge in [-0.2, -0.15) is 4.40 Å². The highest BCUT2D eigenvalue weighted by Gasteiger charge is 2.19. The van der Waals surface area contributed by atoms with E-state index >= 15 is 0 Å². The van der Waals surface area contributed by atoms with E-state index in [9.17, 15) is 4.21 Å². The van der Waals surface area contributed by atoms with Crippen LogP contribution in [0, 0.1) is 0 Å². The van der Waals surface area contributed by atoms with Gasteiger partial charge in [-0.25, -0.2) is 4.21 Å². The van der Waals surface area contributed by atoms with Crippen molar-refractivity contribution in [3.8, 4) is 0 Å². The van der Waals surface area contributed by atoms with Crippen LogP contribution in [0.1, 0.15) is 33.5 Å². The zero-order valence-electron chi connectivity index (χ0n) is 8.90. The molecule has 3 nitrogen and oxygen atoms in total. The minimum atomic E-state index is -1.22. The molecule has 1 rings (SSSR count). The molecule has 0 aromatic carbocycles. The van der Waals surface area contributed by atoms with Crippen LogP contribution in [-0.4, -0.2) is 14.7 Å². The lowest BCUT2D eigenvalue weighted by Gasteiger charge is -2.13. The summed E-state index contributed by atoms with van der Waals surface area (Å²) in [5.41, 5.74) is 0.670. The molecule has 0 spiro atoms. The van der Waals surface area contributed by atoms with Crippen LogP contribution in [0.25, 0.3) is 0 Å². The molecule has 0 amide bonds. The molecule has 0 bridgehead atoms. The third-order valence-electron chi connectivity index (χ3n) is 1.62. The summed E-state index contributed by atoms with van der Waals surface area (Å²) in [5, 5.41) is 0. The quantitative estimate of drug-likeness (QED) is 0.708. The summed E-state index contributed by atoms with van der Waals surface area (Å²) in [6, 6.07) is 3.59. The Balaban J connectivity index is 2.85. The maximum absolute atomic E-state index is 11.7. The Labute approximate surface area is 86.8 Å². The molecule has 0 aliphatic carbocycles. The predicted octanol–water partition coefficient (Wildman–Crippen LogP) is 2.55. The summed E-state index contributed by atoms with van der Waals surface area (Å²) < 4.78 is 20.6. The van der Waals surface area contributed by atoms with Gasteiger partial charge < -0.3 is 4.42 Å². The Morgan fingerprint density at radius 2 is 2.14 bits per heavy atom. The van der Waals surface area contributed by atoms with Crippen LogP contribution in [0.5, 0.6) is 0 Å². The van der Waals surface area contributed by atoms with Gasteiger partial charge in [0.1, 0.15) is 16.7 Å². The standard InChI is InChI=1S/C10H15NO2S/c1-8(9-6-5-7-13-9)11-14(12)10(2,3)4/h5-7H,1-4H3/b11-8+. The summed E-state index contributed by atoms with van der Waals surface area (Å²) in [5.74, 6) is 0.669. The van der Waals surface area contributed by atoms with Crippen LogP contribution in [0.2, 0.25) is 0 Å². The molecule has 0 N–H and O–H groups in total. The molecular formula is C10H15NO2S. The zero-order chi connectivity index (χ0) is 10.8. The number of hydrogen-bond donors (Lipinski definition) is 0. The molecule has 1 heterocycles. The molecule has 0 saturated heterocycles. The molecule has 4 heteroatoms. The van der Waals surface area contributed by atoms with Gasteiger partial charge in [-0.15, -0.1) is 0 Å². The molecule has 14 heavy (non-hydrogen) atoms. The van der Waals surface area contributed by atoms with Gasteiger partial charge in [-0.05, 0) is 39.8 Å². The largest absolute Gasteiger partial charge is 0.463 e. The highest BCUT2D eigenvalue weighted by atomic mass is 32.2. The maximum atomic E-state index is 11.7. The average Bonchev–Trinajstić information content (AvgIpc) is 2.53. The average molecular weight is 213 g/mol. The molecule has 1 unspecified atom stereocenters. The molecule has 0 aliphatic rings. The first-order chi connectivity index (χ1) is 6.41. The van der Waals surface area contributed by atoms with Gasteiger partial charge in [0.15, 0.2) is 0 Å². The van der Waals surface area contributed by atoms with Crippen molar-refractivity contribution in [1.82, 2.24) is 0 Å². The van der Waals surface area contributed by atoms with Crippen LogP contribution in [-0.2, 0) is 11.0 Å². The van der Waals surface area contributed by atoms with Gasteiger partial charge in [0.25, 0.3) is 0 Å². The van der Waals surface area contributed by atoms with Crippen molar-refractivity contribution in [3.05, 3.63) is 24.2 Å². The number of rotatable bonds is 2. The number of nitrogens with zero attached hydrogens (tertiary/aromatic N) is 1. The third-order valence-corrected chi connectivity index (χ3v) is 3.11. The van der Waals surface area contributed by atoms with Crippen LogP contribution in [0.15, 0.2) is 27.2 Å². The van der Waals surface area contributed by atoms with Crippen LogP contribution < -0.4 is 0 Å². The minimum Gasteiger partial charge on any atom is -0.463 e. The smallest absolute Gasteiger partial charge is 0.148 e. The lowest BCUT2D eigenvalue weighted by Crippen LogP contribution is -2.20. The normalized spacial score (nSPS) is 15.6. The fourth-order valence-electron chi connectivity index (χ4n) is 0.791. The van der Waals surface area contributed by atoms with E-state index in [2.05, 4.69) is 4.40 Å². The summed E-state index contributed by atoms with van der Waals surface area (Å²) in [7, 11) is -1.22. The first-order valence-electron chi connectivity index (χ1n) is 4.42. The van der Waals surface area contributed by atoms with E-state index in [-0.39, 0.29) is 4.75 Å². The highest BCUT2D eigenvalue weighted by Crippen LogP contribution is 2.14. The maximum Gasteiger partial charge on any atom is 0.148 e. The van der Waals surface area contributed by atoms with Crippen LogP contribution in [0.4, 0.5) is 0 Å². The van der Waals surface area contributed by atoms with Gasteiger partial charge in [0, 0.05) is 0 Å². The number of hydrogen-bond acceptors (Lipinski definition) is 2. The fraction of sp³-hybridized carbons (Fsp3) is 0.500. The Hall–Kier alpha value is -0.900. The molecule has 1 atom stereocenters. The molecule has 0 radical (unpaired) electrons. The third kappa shape index (κ3) is 2.80.